The number of nitrogens with zero attached hydrogens (tertiary/aromatic N) is 1. The van der Waals surface area contributed by atoms with E-state index in [9.17, 15) is 9.59 Å². The summed E-state index contributed by atoms with van der Waals surface area (Å²) in [5.41, 5.74) is 1.01. The molecule has 0 radical (unpaired) electrons. The highest BCUT2D eigenvalue weighted by Gasteiger charge is 2.15. The quantitative estimate of drug-likeness (QED) is 0.735. The van der Waals surface area contributed by atoms with Crippen molar-refractivity contribution < 1.29 is 19.4 Å². The number of hydrogen-bond donors (Lipinski definition) is 1. The number of carbonyl (C=O) groups is 2. The summed E-state index contributed by atoms with van der Waals surface area (Å²) in [7, 11) is 1.59. The van der Waals surface area contributed by atoms with Crippen molar-refractivity contribution >= 4 is 11.9 Å². The molecule has 1 rings (SSSR count). The largest absolute Gasteiger partial charge is 0.497 e. The van der Waals surface area contributed by atoms with E-state index in [0.29, 0.717) is 6.42 Å². The lowest BCUT2D eigenvalue weighted by Crippen LogP contribution is -2.35. The van der Waals surface area contributed by atoms with Crippen molar-refractivity contribution in [2.24, 2.45) is 0 Å². The van der Waals surface area contributed by atoms with Crippen LogP contribution in [0.2, 0.25) is 0 Å². The summed E-state index contributed by atoms with van der Waals surface area (Å²) in [5.74, 6) is -0.452. The molecular weight excluding hydrogens is 258 g/mol. The van der Waals surface area contributed by atoms with Crippen LogP contribution in [0.15, 0.2) is 36.9 Å². The number of amides is 1. The van der Waals surface area contributed by atoms with Gasteiger partial charge in [0.05, 0.1) is 7.11 Å². The lowest BCUT2D eigenvalue weighted by molar-refractivity contribution is -0.144. The van der Waals surface area contributed by atoms with Gasteiger partial charge in [0.15, 0.2) is 0 Å². The summed E-state index contributed by atoms with van der Waals surface area (Å²) >= 11 is 0. The minimum atomic E-state index is -1.02. The second kappa shape index (κ2) is 7.99. The molecule has 5 nitrogen and oxygen atoms in total. The topological polar surface area (TPSA) is 66.8 Å². The first-order valence-corrected chi connectivity index (χ1v) is 6.30. The lowest BCUT2D eigenvalue weighted by Gasteiger charge is -2.18. The van der Waals surface area contributed by atoms with Crippen LogP contribution in [0.3, 0.4) is 0 Å². The van der Waals surface area contributed by atoms with Crippen molar-refractivity contribution in [3.8, 4) is 5.75 Å². The maximum absolute atomic E-state index is 12.0. The molecule has 1 N–H and O–H groups in total. The lowest BCUT2D eigenvalue weighted by atomic mass is 10.1. The zero-order chi connectivity index (χ0) is 15.0. The standard InChI is InChI=1S/C15H19NO4/c1-3-10-16(11-15(18)19)14(17)9-6-12-4-7-13(20-2)8-5-12/h3-5,7-8H,1,6,9-11H2,2H3,(H,18,19). The van der Waals surface area contributed by atoms with Crippen LogP contribution in [-0.2, 0) is 16.0 Å². The third-order valence-corrected chi connectivity index (χ3v) is 2.81. The fourth-order valence-electron chi connectivity index (χ4n) is 1.78. The van der Waals surface area contributed by atoms with Crippen LogP contribution in [0, 0.1) is 0 Å². The van der Waals surface area contributed by atoms with E-state index in [4.69, 9.17) is 9.84 Å². The van der Waals surface area contributed by atoms with E-state index in [1.807, 2.05) is 24.3 Å². The van der Waals surface area contributed by atoms with Gasteiger partial charge < -0.3 is 14.7 Å². The number of carbonyl (C=O) groups excluding carboxylic acids is 1. The van der Waals surface area contributed by atoms with Gasteiger partial charge in [0.2, 0.25) is 5.91 Å². The molecule has 108 valence electrons. The number of rotatable bonds is 8. The highest BCUT2D eigenvalue weighted by Crippen LogP contribution is 2.13. The molecule has 1 aromatic carbocycles. The second-order valence-corrected chi connectivity index (χ2v) is 4.30. The molecule has 0 fully saturated rings. The monoisotopic (exact) mass is 277 g/mol. The Bertz CT molecular complexity index is 467. The fourth-order valence-corrected chi connectivity index (χ4v) is 1.78. The Balaban J connectivity index is 2.54. The average Bonchev–Trinajstić information content (AvgIpc) is 2.44. The van der Waals surface area contributed by atoms with Gasteiger partial charge >= 0.3 is 5.97 Å². The Morgan fingerprint density at radius 1 is 1.35 bits per heavy atom. The van der Waals surface area contributed by atoms with E-state index < -0.39 is 5.97 Å². The summed E-state index contributed by atoms with van der Waals surface area (Å²) in [4.78, 5) is 23.9. The normalized spacial score (nSPS) is 9.85. The first-order chi connectivity index (χ1) is 9.56. The van der Waals surface area contributed by atoms with Crippen LogP contribution in [0.5, 0.6) is 5.75 Å². The van der Waals surface area contributed by atoms with E-state index in [0.717, 1.165) is 11.3 Å². The number of ether oxygens (including phenoxy) is 1. The Labute approximate surface area is 118 Å². The van der Waals surface area contributed by atoms with Gasteiger partial charge in [0.25, 0.3) is 0 Å². The van der Waals surface area contributed by atoms with Crippen LogP contribution in [-0.4, -0.2) is 42.1 Å². The third-order valence-electron chi connectivity index (χ3n) is 2.81. The van der Waals surface area contributed by atoms with Crippen molar-refractivity contribution in [2.75, 3.05) is 20.2 Å². The summed E-state index contributed by atoms with van der Waals surface area (Å²) in [6.07, 6.45) is 2.36. The molecule has 0 aliphatic carbocycles. The predicted octanol–water partition coefficient (Wildman–Crippen LogP) is 1.73. The molecule has 0 saturated carbocycles. The number of aryl methyl sites for hydroxylation is 1. The number of carboxylic acid groups (broad SMARTS) is 1. The molecule has 0 atom stereocenters. The molecule has 0 aliphatic heterocycles. The second-order valence-electron chi connectivity index (χ2n) is 4.30. The first kappa shape index (κ1) is 15.8. The number of aliphatic carboxylic acids is 1. The molecule has 1 amide bonds. The smallest absolute Gasteiger partial charge is 0.323 e. The maximum atomic E-state index is 12.0. The minimum absolute atomic E-state index is 0.192. The van der Waals surface area contributed by atoms with E-state index in [1.165, 1.54) is 11.0 Å². The number of benzene rings is 1. The molecule has 0 bridgehead atoms. The molecule has 0 saturated heterocycles. The highest BCUT2D eigenvalue weighted by molar-refractivity contribution is 5.81. The molecule has 0 aromatic heterocycles. The van der Waals surface area contributed by atoms with E-state index in [1.54, 1.807) is 7.11 Å². The number of methoxy groups -OCH3 is 1. The molecule has 0 unspecified atom stereocenters. The number of hydrogen-bond acceptors (Lipinski definition) is 3. The predicted molar refractivity (Wildman–Crippen MR) is 75.7 cm³/mol. The molecule has 0 heterocycles. The number of carboxylic acids is 1. The van der Waals surface area contributed by atoms with Crippen molar-refractivity contribution in [2.45, 2.75) is 12.8 Å². The van der Waals surface area contributed by atoms with Gasteiger partial charge in [-0.1, -0.05) is 18.2 Å². The summed E-state index contributed by atoms with van der Waals surface area (Å²) < 4.78 is 5.06. The SMILES string of the molecule is C=CCN(CC(=O)O)C(=O)CCc1ccc(OC)cc1. The summed E-state index contributed by atoms with van der Waals surface area (Å²) in [5, 5.41) is 8.76. The summed E-state index contributed by atoms with van der Waals surface area (Å²) in [6, 6.07) is 7.44. The molecule has 0 spiro atoms. The van der Waals surface area contributed by atoms with Gasteiger partial charge in [-0.3, -0.25) is 9.59 Å². The third kappa shape index (κ3) is 5.14. The maximum Gasteiger partial charge on any atom is 0.323 e. The highest BCUT2D eigenvalue weighted by atomic mass is 16.5. The van der Waals surface area contributed by atoms with E-state index >= 15 is 0 Å². The summed E-state index contributed by atoms with van der Waals surface area (Å²) in [6.45, 7) is 3.47. The molecule has 1 aromatic rings. The zero-order valence-corrected chi connectivity index (χ0v) is 11.5. The Kier molecular flexibility index (Phi) is 6.29. The fraction of sp³-hybridized carbons (Fsp3) is 0.333. The molecule has 20 heavy (non-hydrogen) atoms. The van der Waals surface area contributed by atoms with Crippen LogP contribution in [0.4, 0.5) is 0 Å². The van der Waals surface area contributed by atoms with Gasteiger partial charge in [0, 0.05) is 13.0 Å². The average molecular weight is 277 g/mol. The Morgan fingerprint density at radius 3 is 2.50 bits per heavy atom. The molecule has 0 aliphatic rings. The van der Waals surface area contributed by atoms with Crippen molar-refractivity contribution in [3.05, 3.63) is 42.5 Å². The Morgan fingerprint density at radius 2 is 2.00 bits per heavy atom. The van der Waals surface area contributed by atoms with Crippen LogP contribution < -0.4 is 4.74 Å². The van der Waals surface area contributed by atoms with Crippen LogP contribution >= 0.6 is 0 Å². The van der Waals surface area contributed by atoms with Gasteiger partial charge in [0.1, 0.15) is 12.3 Å². The molecular formula is C15H19NO4. The van der Waals surface area contributed by atoms with Crippen molar-refractivity contribution in [1.82, 2.24) is 4.90 Å². The van der Waals surface area contributed by atoms with Gasteiger partial charge in [-0.15, -0.1) is 6.58 Å². The van der Waals surface area contributed by atoms with Crippen LogP contribution in [0.25, 0.3) is 0 Å². The minimum Gasteiger partial charge on any atom is -0.497 e. The van der Waals surface area contributed by atoms with Gasteiger partial charge in [-0.25, -0.2) is 0 Å². The molecule has 5 heteroatoms. The van der Waals surface area contributed by atoms with Gasteiger partial charge in [-0.05, 0) is 24.1 Å². The zero-order valence-electron chi connectivity index (χ0n) is 11.5. The van der Waals surface area contributed by atoms with Gasteiger partial charge in [-0.2, -0.15) is 0 Å². The first-order valence-electron chi connectivity index (χ1n) is 6.30. The van der Waals surface area contributed by atoms with Crippen LogP contribution in [0.1, 0.15) is 12.0 Å². The van der Waals surface area contributed by atoms with Crippen molar-refractivity contribution in [3.63, 3.8) is 0 Å². The van der Waals surface area contributed by atoms with E-state index in [2.05, 4.69) is 6.58 Å². The Hall–Kier alpha value is -2.30. The van der Waals surface area contributed by atoms with Crippen molar-refractivity contribution in [1.29, 1.82) is 0 Å². The van der Waals surface area contributed by atoms with E-state index in [-0.39, 0.29) is 25.4 Å².